The van der Waals surface area contributed by atoms with Crippen LogP contribution in [0.15, 0.2) is 42.5 Å². The minimum Gasteiger partial charge on any atom is -0.375 e. The van der Waals surface area contributed by atoms with E-state index in [0.717, 1.165) is 12.1 Å². The van der Waals surface area contributed by atoms with Crippen molar-refractivity contribution in [1.29, 1.82) is 0 Å². The van der Waals surface area contributed by atoms with Crippen molar-refractivity contribution >= 4 is 5.91 Å². The smallest absolute Gasteiger partial charge is 0.241 e. The monoisotopic (exact) mass is 246 g/mol. The highest BCUT2D eigenvalue weighted by atomic mass is 16.5. The topological polar surface area (TPSA) is 50.4 Å². The Hall–Kier alpha value is -1.65. The fraction of sp³-hybridized carbons (Fsp3) is 0.357. The van der Waals surface area contributed by atoms with Crippen LogP contribution < -0.4 is 10.6 Å². The first-order valence-electron chi connectivity index (χ1n) is 6.16. The molecule has 18 heavy (non-hydrogen) atoms. The average molecular weight is 246 g/mol. The summed E-state index contributed by atoms with van der Waals surface area (Å²) in [5, 5.41) is 5.89. The molecule has 1 aliphatic rings. The van der Waals surface area contributed by atoms with Crippen LogP contribution in [0.4, 0.5) is 0 Å². The molecule has 0 saturated carbocycles. The van der Waals surface area contributed by atoms with Crippen LogP contribution in [0.1, 0.15) is 5.56 Å². The van der Waals surface area contributed by atoms with Crippen LogP contribution in [-0.2, 0) is 16.1 Å². The van der Waals surface area contributed by atoms with Crippen molar-refractivity contribution in [2.24, 2.45) is 0 Å². The van der Waals surface area contributed by atoms with E-state index in [1.165, 1.54) is 0 Å². The first-order valence-corrected chi connectivity index (χ1v) is 6.16. The number of rotatable bonds is 6. The highest BCUT2D eigenvalue weighted by Gasteiger charge is 2.16. The maximum Gasteiger partial charge on any atom is 0.241 e. The molecule has 1 aliphatic heterocycles. The molecule has 0 bridgehead atoms. The summed E-state index contributed by atoms with van der Waals surface area (Å²) in [6.07, 6.45) is 3.83. The Balaban J connectivity index is 1.56. The van der Waals surface area contributed by atoms with E-state index in [4.69, 9.17) is 4.74 Å². The van der Waals surface area contributed by atoms with Gasteiger partial charge in [0, 0.05) is 13.1 Å². The number of ether oxygens (including phenoxy) is 1. The molecule has 1 aromatic rings. The lowest BCUT2D eigenvalue weighted by Gasteiger charge is -2.10. The van der Waals surface area contributed by atoms with Gasteiger partial charge < -0.3 is 10.1 Å². The summed E-state index contributed by atoms with van der Waals surface area (Å²) >= 11 is 0. The third-order valence-corrected chi connectivity index (χ3v) is 2.72. The molecule has 0 spiro atoms. The summed E-state index contributed by atoms with van der Waals surface area (Å²) in [6.45, 7) is 2.41. The molecule has 2 rings (SSSR count). The van der Waals surface area contributed by atoms with Crippen molar-refractivity contribution in [2.75, 3.05) is 19.7 Å². The van der Waals surface area contributed by atoms with Gasteiger partial charge in [-0.1, -0.05) is 42.5 Å². The Bertz CT molecular complexity index is 404. The van der Waals surface area contributed by atoms with E-state index >= 15 is 0 Å². The number of hydrogen-bond acceptors (Lipinski definition) is 3. The van der Waals surface area contributed by atoms with E-state index in [0.29, 0.717) is 19.8 Å². The maximum absolute atomic E-state index is 11.6. The molecule has 2 N–H and O–H groups in total. The van der Waals surface area contributed by atoms with Gasteiger partial charge in [-0.2, -0.15) is 0 Å². The van der Waals surface area contributed by atoms with Gasteiger partial charge in [-0.15, -0.1) is 0 Å². The number of carbonyl (C=O) groups excluding carboxylic acids is 1. The summed E-state index contributed by atoms with van der Waals surface area (Å²) in [7, 11) is 0. The van der Waals surface area contributed by atoms with Gasteiger partial charge in [0.2, 0.25) is 5.91 Å². The molecule has 0 saturated heterocycles. The van der Waals surface area contributed by atoms with Crippen molar-refractivity contribution in [3.63, 3.8) is 0 Å². The average Bonchev–Trinajstić information content (AvgIpc) is 2.93. The summed E-state index contributed by atoms with van der Waals surface area (Å²) in [6, 6.07) is 9.81. The van der Waals surface area contributed by atoms with Crippen molar-refractivity contribution in [2.45, 2.75) is 12.6 Å². The Kier molecular flexibility index (Phi) is 4.93. The molecule has 1 amide bonds. The van der Waals surface area contributed by atoms with Crippen LogP contribution >= 0.6 is 0 Å². The fourth-order valence-electron chi connectivity index (χ4n) is 1.77. The van der Waals surface area contributed by atoms with E-state index in [-0.39, 0.29) is 11.9 Å². The van der Waals surface area contributed by atoms with Gasteiger partial charge in [0.1, 0.15) is 6.04 Å². The molecule has 0 aliphatic carbocycles. The van der Waals surface area contributed by atoms with Crippen LogP contribution in [0.2, 0.25) is 0 Å². The molecular formula is C14H18N2O2. The zero-order valence-corrected chi connectivity index (χ0v) is 10.3. The minimum absolute atomic E-state index is 0.00654. The quantitative estimate of drug-likeness (QED) is 0.578. The predicted molar refractivity (Wildman–Crippen MR) is 70.0 cm³/mol. The number of carbonyl (C=O) groups is 1. The van der Waals surface area contributed by atoms with E-state index in [1.807, 2.05) is 42.5 Å². The molecule has 1 aromatic carbocycles. The number of benzene rings is 1. The molecule has 0 fully saturated rings. The van der Waals surface area contributed by atoms with Gasteiger partial charge in [0.05, 0.1) is 13.2 Å². The second-order valence-corrected chi connectivity index (χ2v) is 4.14. The van der Waals surface area contributed by atoms with Gasteiger partial charge in [-0.25, -0.2) is 0 Å². The predicted octanol–water partition coefficient (Wildman–Crippen LogP) is 0.847. The van der Waals surface area contributed by atoms with Crippen molar-refractivity contribution in [1.82, 2.24) is 10.6 Å². The highest BCUT2D eigenvalue weighted by Crippen LogP contribution is 1.99. The Morgan fingerprint density at radius 1 is 1.39 bits per heavy atom. The summed E-state index contributed by atoms with van der Waals surface area (Å²) < 4.78 is 5.48. The first-order chi connectivity index (χ1) is 8.86. The van der Waals surface area contributed by atoms with E-state index < -0.39 is 0 Å². The van der Waals surface area contributed by atoms with Crippen LogP contribution in [0, 0.1) is 0 Å². The molecule has 1 atom stereocenters. The lowest BCUT2D eigenvalue weighted by molar-refractivity contribution is -0.122. The molecule has 4 heteroatoms. The summed E-state index contributed by atoms with van der Waals surface area (Å²) in [5.74, 6) is 0.00654. The zero-order valence-electron chi connectivity index (χ0n) is 10.3. The van der Waals surface area contributed by atoms with Crippen molar-refractivity contribution < 1.29 is 9.53 Å². The SMILES string of the molecule is O=C(NCCOCc1ccccc1)[C@@H]1C=CCN1. The lowest BCUT2D eigenvalue weighted by atomic mass is 10.2. The highest BCUT2D eigenvalue weighted by molar-refractivity contribution is 5.84. The molecule has 0 radical (unpaired) electrons. The number of amides is 1. The van der Waals surface area contributed by atoms with Crippen LogP contribution in [0.25, 0.3) is 0 Å². The number of hydrogen-bond donors (Lipinski definition) is 2. The summed E-state index contributed by atoms with van der Waals surface area (Å²) in [4.78, 5) is 11.6. The number of nitrogens with one attached hydrogen (secondary N) is 2. The van der Waals surface area contributed by atoms with Gasteiger partial charge in [0.25, 0.3) is 0 Å². The van der Waals surface area contributed by atoms with Crippen LogP contribution in [0.5, 0.6) is 0 Å². The van der Waals surface area contributed by atoms with Gasteiger partial charge in [-0.05, 0) is 5.56 Å². The third-order valence-electron chi connectivity index (χ3n) is 2.72. The normalized spacial score (nSPS) is 17.9. The fourth-order valence-corrected chi connectivity index (χ4v) is 1.77. The van der Waals surface area contributed by atoms with Crippen molar-refractivity contribution in [3.05, 3.63) is 48.0 Å². The maximum atomic E-state index is 11.6. The molecule has 96 valence electrons. The second-order valence-electron chi connectivity index (χ2n) is 4.14. The first kappa shape index (κ1) is 12.8. The standard InChI is InChI=1S/C14H18N2O2/c17-14(13-7-4-8-15-13)16-9-10-18-11-12-5-2-1-3-6-12/h1-7,13,15H,8-11H2,(H,16,17)/t13-/m0/s1. The lowest BCUT2D eigenvalue weighted by Crippen LogP contribution is -2.41. The third kappa shape index (κ3) is 3.98. The van der Waals surface area contributed by atoms with Gasteiger partial charge in [-0.3, -0.25) is 10.1 Å². The minimum atomic E-state index is -0.181. The zero-order chi connectivity index (χ0) is 12.6. The largest absolute Gasteiger partial charge is 0.375 e. The van der Waals surface area contributed by atoms with Gasteiger partial charge in [0.15, 0.2) is 0 Å². The molecule has 0 aromatic heterocycles. The van der Waals surface area contributed by atoms with Crippen LogP contribution in [0.3, 0.4) is 0 Å². The van der Waals surface area contributed by atoms with E-state index in [9.17, 15) is 4.79 Å². The Labute approximate surface area is 107 Å². The molecule has 4 nitrogen and oxygen atoms in total. The Morgan fingerprint density at radius 3 is 2.94 bits per heavy atom. The van der Waals surface area contributed by atoms with Crippen LogP contribution in [-0.4, -0.2) is 31.6 Å². The summed E-state index contributed by atoms with van der Waals surface area (Å²) in [5.41, 5.74) is 1.14. The molecular weight excluding hydrogens is 228 g/mol. The van der Waals surface area contributed by atoms with Gasteiger partial charge >= 0.3 is 0 Å². The second kappa shape index (κ2) is 6.93. The van der Waals surface area contributed by atoms with E-state index in [2.05, 4.69) is 10.6 Å². The Morgan fingerprint density at radius 2 is 2.22 bits per heavy atom. The molecule has 1 heterocycles. The molecule has 0 unspecified atom stereocenters. The van der Waals surface area contributed by atoms with E-state index in [1.54, 1.807) is 0 Å². The van der Waals surface area contributed by atoms with Crippen molar-refractivity contribution in [3.8, 4) is 0 Å².